The van der Waals surface area contributed by atoms with E-state index in [1.807, 2.05) is 13.0 Å². The zero-order valence-electron chi connectivity index (χ0n) is 17.1. The van der Waals surface area contributed by atoms with E-state index in [0.717, 1.165) is 5.69 Å². The van der Waals surface area contributed by atoms with Gasteiger partial charge in [0.05, 0.1) is 12.8 Å². The summed E-state index contributed by atoms with van der Waals surface area (Å²) in [4.78, 5) is 4.21. The molecule has 4 heterocycles. The highest BCUT2D eigenvalue weighted by Gasteiger charge is 2.60. The number of aliphatic hydroxyl groups is 2. The number of pyridine rings is 1. The summed E-state index contributed by atoms with van der Waals surface area (Å²) in [6.07, 6.45) is 1.29. The van der Waals surface area contributed by atoms with Crippen molar-refractivity contribution in [2.24, 2.45) is 0 Å². The van der Waals surface area contributed by atoms with Crippen molar-refractivity contribution in [3.63, 3.8) is 0 Å². The number of aliphatic hydroxyl groups excluding tert-OH is 2. The summed E-state index contributed by atoms with van der Waals surface area (Å²) in [5.41, 5.74) is -1.28. The fourth-order valence-corrected chi connectivity index (χ4v) is 4.95. The molecule has 1 fully saturated rings. The van der Waals surface area contributed by atoms with Gasteiger partial charge in [0.15, 0.2) is 5.82 Å². The molecule has 1 saturated heterocycles. The molecule has 0 aliphatic carbocycles. The number of hydrogen-bond acceptors (Lipinski definition) is 10. The van der Waals surface area contributed by atoms with Crippen LogP contribution >= 0.6 is 28.6 Å². The third-order valence-electron chi connectivity index (χ3n) is 5.54. The number of hydrogen-bond donors (Lipinski definition) is 3. The van der Waals surface area contributed by atoms with Crippen LogP contribution < -0.4 is 0 Å². The number of thiol groups is 1. The van der Waals surface area contributed by atoms with Gasteiger partial charge in [-0.2, -0.15) is 10.4 Å². The third kappa shape index (κ3) is 3.43. The molecule has 0 saturated carbocycles. The van der Waals surface area contributed by atoms with Gasteiger partial charge in [-0.3, -0.25) is 0 Å². The average Bonchev–Trinajstić information content (AvgIpc) is 3.43. The van der Waals surface area contributed by atoms with Crippen LogP contribution in [0, 0.1) is 18.3 Å². The molecule has 3 aromatic rings. The molecule has 1 aliphatic heterocycles. The van der Waals surface area contributed by atoms with Crippen molar-refractivity contribution in [2.75, 3.05) is 13.7 Å². The van der Waals surface area contributed by atoms with Crippen LogP contribution in [0.3, 0.4) is 0 Å². The Morgan fingerprint density at radius 1 is 1.47 bits per heavy atom. The second-order valence-corrected chi connectivity index (χ2v) is 8.67. The summed E-state index contributed by atoms with van der Waals surface area (Å²) < 4.78 is 15.0. The van der Waals surface area contributed by atoms with Crippen molar-refractivity contribution in [3.05, 3.63) is 52.1 Å². The van der Waals surface area contributed by atoms with Gasteiger partial charge >= 0.3 is 0 Å². The Bertz CT molecular complexity index is 1160. The first-order valence-electron chi connectivity index (χ1n) is 9.53. The number of nitriles is 1. The van der Waals surface area contributed by atoms with E-state index in [1.165, 1.54) is 18.0 Å². The Balaban J connectivity index is 2.04. The zero-order chi connectivity index (χ0) is 23.0. The van der Waals surface area contributed by atoms with E-state index in [-0.39, 0.29) is 5.69 Å². The maximum Gasteiger partial charge on any atom is 0.195 e. The third-order valence-corrected chi connectivity index (χ3v) is 6.37. The maximum atomic E-state index is 11.5. The largest absolute Gasteiger partial charge is 0.394 e. The summed E-state index contributed by atoms with van der Waals surface area (Å²) >= 11 is 7.90. The van der Waals surface area contributed by atoms with E-state index in [9.17, 15) is 15.5 Å². The molecule has 0 bridgehead atoms. The molecule has 1 aliphatic rings. The number of ether oxygens (including phenoxy) is 2. The van der Waals surface area contributed by atoms with Crippen LogP contribution in [0.4, 0.5) is 0 Å². The molecule has 0 unspecified atom stereocenters. The van der Waals surface area contributed by atoms with Gasteiger partial charge in [0.1, 0.15) is 41.0 Å². The highest BCUT2D eigenvalue weighted by atomic mass is 79.9. The molecular weight excluding hydrogens is 502 g/mol. The molecule has 11 nitrogen and oxygen atoms in total. The first-order chi connectivity index (χ1) is 15.4. The Morgan fingerprint density at radius 2 is 2.25 bits per heavy atom. The second-order valence-electron chi connectivity index (χ2n) is 7.24. The quantitative estimate of drug-likeness (QED) is 0.410. The normalized spacial score (nSPS) is 27.9. The minimum Gasteiger partial charge on any atom is -0.394 e. The lowest BCUT2D eigenvalue weighted by Crippen LogP contribution is -2.68. The minimum absolute atomic E-state index is 0.0424. The number of nitrogens with zero attached hydrogens (tertiary/aromatic N) is 7. The van der Waals surface area contributed by atoms with Crippen molar-refractivity contribution >= 4 is 28.6 Å². The van der Waals surface area contributed by atoms with E-state index < -0.39 is 35.9 Å². The van der Waals surface area contributed by atoms with E-state index >= 15 is 0 Å². The highest BCUT2D eigenvalue weighted by Crippen LogP contribution is 2.45. The van der Waals surface area contributed by atoms with Gasteiger partial charge in [-0.25, -0.2) is 14.3 Å². The van der Waals surface area contributed by atoms with Gasteiger partial charge in [0.25, 0.3) is 0 Å². The van der Waals surface area contributed by atoms with E-state index in [1.54, 1.807) is 23.1 Å². The Hall–Kier alpha value is -2.34. The summed E-state index contributed by atoms with van der Waals surface area (Å²) in [5.74, 6) is 0.387. The van der Waals surface area contributed by atoms with Crippen LogP contribution in [0.2, 0.25) is 0 Å². The van der Waals surface area contributed by atoms with Crippen molar-refractivity contribution in [1.29, 1.82) is 5.26 Å². The lowest BCUT2D eigenvalue weighted by atomic mass is 9.75. The predicted octanol–water partition coefficient (Wildman–Crippen LogP) is 0.568. The van der Waals surface area contributed by atoms with Crippen LogP contribution in [0.1, 0.15) is 17.0 Å². The van der Waals surface area contributed by atoms with E-state index in [4.69, 9.17) is 9.47 Å². The van der Waals surface area contributed by atoms with Crippen molar-refractivity contribution in [3.8, 4) is 11.9 Å². The van der Waals surface area contributed by atoms with Crippen LogP contribution in [0.5, 0.6) is 0 Å². The maximum absolute atomic E-state index is 11.5. The van der Waals surface area contributed by atoms with Crippen molar-refractivity contribution < 1.29 is 19.7 Å². The molecule has 3 aromatic heterocycles. The van der Waals surface area contributed by atoms with Crippen LogP contribution in [0.15, 0.2) is 35.2 Å². The summed E-state index contributed by atoms with van der Waals surface area (Å²) in [6, 6.07) is 5.53. The zero-order valence-corrected chi connectivity index (χ0v) is 19.6. The molecule has 2 N–H and O–H groups in total. The highest BCUT2D eigenvalue weighted by molar-refractivity contribution is 9.10. The second kappa shape index (κ2) is 8.89. The van der Waals surface area contributed by atoms with Gasteiger partial charge < -0.3 is 19.7 Å². The fraction of sp³-hybridized carbons (Fsp3) is 0.421. The fourth-order valence-electron chi connectivity index (χ4n) is 4.11. The smallest absolute Gasteiger partial charge is 0.195 e. The molecule has 168 valence electrons. The molecule has 4 rings (SSSR count). The molecule has 0 radical (unpaired) electrons. The summed E-state index contributed by atoms with van der Waals surface area (Å²) in [7, 11) is 1.44. The predicted molar refractivity (Wildman–Crippen MR) is 117 cm³/mol. The molecule has 5 atom stereocenters. The molecule has 13 heteroatoms. The Morgan fingerprint density at radius 3 is 2.88 bits per heavy atom. The molecule has 0 aromatic carbocycles. The Labute approximate surface area is 197 Å². The number of rotatable bonds is 5. The van der Waals surface area contributed by atoms with Gasteiger partial charge in [-0.05, 0) is 35.0 Å². The van der Waals surface area contributed by atoms with E-state index in [0.29, 0.717) is 15.9 Å². The average molecular weight is 522 g/mol. The van der Waals surface area contributed by atoms with Gasteiger partial charge in [0, 0.05) is 35.2 Å². The molecule has 0 amide bonds. The van der Waals surface area contributed by atoms with Crippen molar-refractivity contribution in [2.45, 2.75) is 36.2 Å². The van der Waals surface area contributed by atoms with Crippen LogP contribution in [-0.2, 0) is 15.0 Å². The first-order valence-corrected chi connectivity index (χ1v) is 10.8. The monoisotopic (exact) mass is 521 g/mol. The Kier molecular flexibility index (Phi) is 6.35. The molecular formula is C19H20BrN7O4S. The molecule has 32 heavy (non-hydrogen) atoms. The SMILES string of the molecule is CO[C@@H]1[C@H](S)O[C@@H](CO)[C@@H](O)[C@@]1(c1cc(Br)cnc1C#N)n1cc(-n2nccc2C)nn1. The summed E-state index contributed by atoms with van der Waals surface area (Å²) in [5, 5.41) is 44.1. The number of aryl methyl sites for hydroxylation is 1. The summed E-state index contributed by atoms with van der Waals surface area (Å²) in [6.45, 7) is 1.36. The van der Waals surface area contributed by atoms with Crippen LogP contribution in [-0.4, -0.2) is 77.4 Å². The van der Waals surface area contributed by atoms with Gasteiger partial charge in [-0.15, -0.1) is 17.7 Å². The lowest BCUT2D eigenvalue weighted by Gasteiger charge is -2.51. The number of halogens is 1. The van der Waals surface area contributed by atoms with Gasteiger partial charge in [0.2, 0.25) is 0 Å². The minimum atomic E-state index is -1.57. The topological polar surface area (TPSA) is 144 Å². The van der Waals surface area contributed by atoms with E-state index in [2.05, 4.69) is 55.0 Å². The number of aromatic nitrogens is 6. The van der Waals surface area contributed by atoms with Gasteiger partial charge in [-0.1, -0.05) is 5.21 Å². The lowest BCUT2D eigenvalue weighted by molar-refractivity contribution is -0.213. The molecule has 0 spiro atoms. The standard InChI is InChI=1S/C19H20BrN7O4S/c1-10-3-4-23-27(10)15-8-26(25-24-15)19(12-5-11(20)7-22-13(12)6-21)16(29)14(9-28)31-18(32)17(19)30-2/h3-5,7-8,14,16-18,28-29,32H,9H2,1-2H3/t14-,16+,17+,18-,19+/m0/s1. The number of methoxy groups -OCH3 is 1. The van der Waals surface area contributed by atoms with Crippen molar-refractivity contribution in [1.82, 2.24) is 29.8 Å². The van der Waals surface area contributed by atoms with Crippen LogP contribution in [0.25, 0.3) is 5.82 Å². The first kappa shape index (κ1) is 22.8.